The Kier molecular flexibility index (Phi) is 13.2. The maximum absolute atomic E-state index is 4.19. The number of anilines is 1. The molecule has 0 fully saturated rings. The van der Waals surface area contributed by atoms with Gasteiger partial charge in [0, 0.05) is 39.3 Å². The highest BCUT2D eigenvalue weighted by atomic mass is 15.2. The Morgan fingerprint density at radius 2 is 1.54 bits per heavy atom. The van der Waals surface area contributed by atoms with Crippen LogP contribution < -0.4 is 4.90 Å². The van der Waals surface area contributed by atoms with Crippen molar-refractivity contribution >= 4 is 27.7 Å². The fourth-order valence-electron chi connectivity index (χ4n) is 7.60. The van der Waals surface area contributed by atoms with Crippen molar-refractivity contribution in [2.24, 2.45) is 5.92 Å². The van der Waals surface area contributed by atoms with E-state index >= 15 is 0 Å². The third-order valence-electron chi connectivity index (χ3n) is 10.4. The van der Waals surface area contributed by atoms with Crippen molar-refractivity contribution in [3.05, 3.63) is 230 Å². The first-order chi connectivity index (χ1) is 27.4. The van der Waals surface area contributed by atoms with Crippen molar-refractivity contribution in [2.45, 2.75) is 47.0 Å². The molecule has 5 aromatic rings. The lowest BCUT2D eigenvalue weighted by Crippen LogP contribution is -2.21. The smallest absolute Gasteiger partial charge is 0.0543 e. The standard InChI is InChI=1S/C54H54N2/c1-8-11-28-49(55(41(6)33-34-43(10-3)40(4)5)52-32-22-21-31-50(52)45-26-17-13-18-27-45)37-35-46(23-9-2)54-42(7)56(48-29-19-14-20-30-48)53-39-47(36-38-51(53)54)44-24-15-12-16-25-44/h8-12,14-17,19-34,36-40H,1-3,13,18,35H2,4-7H3/b28-11-,41-33+,43-34+,46-23-,49-37+. The average Bonchev–Trinajstić information content (AvgIpc) is 3.52. The second kappa shape index (κ2) is 18.8. The predicted octanol–water partition coefficient (Wildman–Crippen LogP) is 15.1. The summed E-state index contributed by atoms with van der Waals surface area (Å²) < 4.78 is 2.40. The van der Waals surface area contributed by atoms with Crippen LogP contribution in [0.2, 0.25) is 0 Å². The molecule has 0 N–H and O–H groups in total. The molecule has 1 aromatic heterocycles. The zero-order chi connectivity index (χ0) is 39.4. The number of hydrogen-bond acceptors (Lipinski definition) is 1. The molecular weight excluding hydrogens is 677 g/mol. The van der Waals surface area contributed by atoms with E-state index in [9.17, 15) is 0 Å². The van der Waals surface area contributed by atoms with Crippen LogP contribution in [0.15, 0.2) is 213 Å². The van der Waals surface area contributed by atoms with Gasteiger partial charge in [-0.05, 0) is 103 Å². The van der Waals surface area contributed by atoms with Gasteiger partial charge >= 0.3 is 0 Å². The van der Waals surface area contributed by atoms with Crippen molar-refractivity contribution < 1.29 is 0 Å². The molecule has 1 aliphatic carbocycles. The summed E-state index contributed by atoms with van der Waals surface area (Å²) in [6.45, 7) is 21.2. The molecule has 1 aliphatic rings. The third-order valence-corrected chi connectivity index (χ3v) is 10.4. The van der Waals surface area contributed by atoms with E-state index in [4.69, 9.17) is 0 Å². The zero-order valence-corrected chi connectivity index (χ0v) is 33.5. The van der Waals surface area contributed by atoms with Crippen molar-refractivity contribution in [2.75, 3.05) is 4.90 Å². The molecular formula is C54H54N2. The highest BCUT2D eigenvalue weighted by Crippen LogP contribution is 2.39. The van der Waals surface area contributed by atoms with E-state index < -0.39 is 0 Å². The van der Waals surface area contributed by atoms with Crippen LogP contribution in [-0.2, 0) is 0 Å². The van der Waals surface area contributed by atoms with Crippen LogP contribution in [0.3, 0.4) is 0 Å². The Labute approximate surface area is 335 Å². The summed E-state index contributed by atoms with van der Waals surface area (Å²) in [5.41, 5.74) is 15.2. The lowest BCUT2D eigenvalue weighted by molar-refractivity contribution is 0.792. The summed E-state index contributed by atoms with van der Waals surface area (Å²) in [6, 6.07) is 36.9. The second-order valence-electron chi connectivity index (χ2n) is 14.4. The zero-order valence-electron chi connectivity index (χ0n) is 33.5. The Balaban J connectivity index is 1.54. The summed E-state index contributed by atoms with van der Waals surface area (Å²) in [7, 11) is 0. The molecule has 0 atom stereocenters. The molecule has 0 amide bonds. The lowest BCUT2D eigenvalue weighted by Gasteiger charge is -2.30. The highest BCUT2D eigenvalue weighted by Gasteiger charge is 2.21. The third kappa shape index (κ3) is 8.77. The van der Waals surface area contributed by atoms with Gasteiger partial charge in [0.05, 0.1) is 11.2 Å². The van der Waals surface area contributed by atoms with Crippen LogP contribution in [0.25, 0.3) is 38.9 Å². The number of para-hydroxylation sites is 2. The predicted molar refractivity (Wildman–Crippen MR) is 246 cm³/mol. The number of nitrogens with zero attached hydrogens (tertiary/aromatic N) is 2. The Morgan fingerprint density at radius 1 is 0.804 bits per heavy atom. The molecule has 6 rings (SSSR count). The van der Waals surface area contributed by atoms with Gasteiger partial charge in [0.2, 0.25) is 0 Å². The van der Waals surface area contributed by atoms with Gasteiger partial charge in [-0.3, -0.25) is 0 Å². The van der Waals surface area contributed by atoms with Gasteiger partial charge in [-0.25, -0.2) is 0 Å². The van der Waals surface area contributed by atoms with Crippen LogP contribution in [0, 0.1) is 12.8 Å². The van der Waals surface area contributed by atoms with Crippen molar-refractivity contribution in [3.63, 3.8) is 0 Å². The molecule has 1 heterocycles. The molecule has 280 valence electrons. The molecule has 0 saturated heterocycles. The molecule has 0 saturated carbocycles. The first-order valence-corrected chi connectivity index (χ1v) is 19.7. The lowest BCUT2D eigenvalue weighted by atomic mass is 9.95. The number of rotatable bonds is 15. The van der Waals surface area contributed by atoms with E-state index in [1.165, 1.54) is 55.6 Å². The van der Waals surface area contributed by atoms with Crippen molar-refractivity contribution in [1.82, 2.24) is 4.57 Å². The Hall–Kier alpha value is -6.38. The maximum atomic E-state index is 4.19. The van der Waals surface area contributed by atoms with Gasteiger partial charge < -0.3 is 9.47 Å². The summed E-state index contributed by atoms with van der Waals surface area (Å²) >= 11 is 0. The maximum Gasteiger partial charge on any atom is 0.0543 e. The van der Waals surface area contributed by atoms with Gasteiger partial charge in [-0.2, -0.15) is 0 Å². The minimum Gasteiger partial charge on any atom is -0.314 e. The van der Waals surface area contributed by atoms with Gasteiger partial charge in [0.1, 0.15) is 0 Å². The van der Waals surface area contributed by atoms with E-state index in [0.717, 1.165) is 35.6 Å². The summed E-state index contributed by atoms with van der Waals surface area (Å²) in [4.78, 5) is 2.38. The van der Waals surface area contributed by atoms with E-state index in [1.54, 1.807) is 0 Å². The average molecular weight is 731 g/mol. The fraction of sp³-hybridized carbons (Fsp3) is 0.148. The largest absolute Gasteiger partial charge is 0.314 e. The number of allylic oxidation sites excluding steroid dienone is 16. The molecule has 56 heavy (non-hydrogen) atoms. The summed E-state index contributed by atoms with van der Waals surface area (Å²) in [6.07, 6.45) is 28.5. The molecule has 0 spiro atoms. The van der Waals surface area contributed by atoms with Crippen LogP contribution in [-0.4, -0.2) is 4.57 Å². The van der Waals surface area contributed by atoms with Crippen LogP contribution >= 0.6 is 0 Å². The fourth-order valence-corrected chi connectivity index (χ4v) is 7.60. The van der Waals surface area contributed by atoms with Gasteiger partial charge in [-0.15, -0.1) is 0 Å². The molecule has 4 aromatic carbocycles. The van der Waals surface area contributed by atoms with Crippen LogP contribution in [0.5, 0.6) is 0 Å². The summed E-state index contributed by atoms with van der Waals surface area (Å²) in [5.74, 6) is 0.363. The van der Waals surface area contributed by atoms with E-state index in [-0.39, 0.29) is 0 Å². The molecule has 2 nitrogen and oxygen atoms in total. The minimum absolute atomic E-state index is 0.363. The SMILES string of the molecule is C=C/C=C\C(=C/C/C(=C/C=C)c1c(C)n(-c2ccccc2)c2cc(-c3ccccc3)ccc12)N(/C(C)=C/C=C(\C=C)C(C)C)c1ccccc1C1=CCCC=C1. The molecule has 0 bridgehead atoms. The van der Waals surface area contributed by atoms with Gasteiger partial charge in [-0.1, -0.05) is 173 Å². The van der Waals surface area contributed by atoms with Crippen molar-refractivity contribution in [1.29, 1.82) is 0 Å². The summed E-state index contributed by atoms with van der Waals surface area (Å²) in [5, 5.41) is 1.21. The molecule has 0 radical (unpaired) electrons. The first kappa shape index (κ1) is 39.3. The Bertz CT molecular complexity index is 2420. The second-order valence-corrected chi connectivity index (χ2v) is 14.4. The highest BCUT2D eigenvalue weighted by molar-refractivity contribution is 5.98. The number of hydrogen-bond donors (Lipinski definition) is 0. The number of fused-ring (bicyclic) bond motifs is 1. The van der Waals surface area contributed by atoms with Gasteiger partial charge in [0.15, 0.2) is 0 Å². The quantitative estimate of drug-likeness (QED) is 0.0974. The van der Waals surface area contributed by atoms with E-state index in [1.807, 2.05) is 24.3 Å². The topological polar surface area (TPSA) is 8.17 Å². The number of benzene rings is 4. The first-order valence-electron chi connectivity index (χ1n) is 19.7. The molecule has 2 heteroatoms. The van der Waals surface area contributed by atoms with Crippen molar-refractivity contribution in [3.8, 4) is 16.8 Å². The normalized spacial score (nSPS) is 14.1. The monoisotopic (exact) mass is 730 g/mol. The van der Waals surface area contributed by atoms with Crippen LogP contribution in [0.4, 0.5) is 5.69 Å². The Morgan fingerprint density at radius 3 is 2.21 bits per heavy atom. The van der Waals surface area contributed by atoms with Gasteiger partial charge in [0.25, 0.3) is 0 Å². The van der Waals surface area contributed by atoms with E-state index in [2.05, 4.69) is 209 Å². The van der Waals surface area contributed by atoms with E-state index in [0.29, 0.717) is 12.3 Å². The number of aromatic nitrogens is 1. The molecule has 0 aliphatic heterocycles. The molecule has 0 unspecified atom stereocenters. The van der Waals surface area contributed by atoms with Crippen LogP contribution in [0.1, 0.15) is 56.9 Å². The minimum atomic E-state index is 0.363.